The number of para-hydroxylation sites is 1. The molecule has 2 unspecified atom stereocenters. The molecule has 2 N–H and O–H groups in total. The summed E-state index contributed by atoms with van der Waals surface area (Å²) in [5.74, 6) is -2.94. The maximum atomic E-state index is 11.9. The van der Waals surface area contributed by atoms with Crippen molar-refractivity contribution < 1.29 is 24.5 Å². The zero-order chi connectivity index (χ0) is 13.8. The van der Waals surface area contributed by atoms with E-state index in [-0.39, 0.29) is 11.3 Å². The summed E-state index contributed by atoms with van der Waals surface area (Å²) in [6.45, 7) is 0. The number of ether oxygens (including phenoxy) is 1. The van der Waals surface area contributed by atoms with Gasteiger partial charge in [0.1, 0.15) is 23.3 Å². The highest BCUT2D eigenvalue weighted by molar-refractivity contribution is 5.92. The van der Waals surface area contributed by atoms with Crippen LogP contribution in [0.5, 0.6) is 5.75 Å². The molecule has 0 amide bonds. The molecule has 0 heterocycles. The summed E-state index contributed by atoms with van der Waals surface area (Å²) in [6, 6.07) is 5.94. The molecule has 19 heavy (non-hydrogen) atoms. The molecule has 5 nitrogen and oxygen atoms in total. The van der Waals surface area contributed by atoms with E-state index in [1.165, 1.54) is 24.3 Å². The maximum Gasteiger partial charge on any atom is 0.342 e. The van der Waals surface area contributed by atoms with Gasteiger partial charge in [0.15, 0.2) is 0 Å². The Bertz CT molecular complexity index is 559. The minimum atomic E-state index is -1.07. The second-order valence-corrected chi connectivity index (χ2v) is 4.02. The van der Waals surface area contributed by atoms with Crippen LogP contribution in [0.3, 0.4) is 0 Å². The molecule has 0 saturated heterocycles. The van der Waals surface area contributed by atoms with E-state index in [1.807, 2.05) is 0 Å². The number of esters is 1. The minimum absolute atomic E-state index is 0.00888. The van der Waals surface area contributed by atoms with Crippen LogP contribution in [0.2, 0.25) is 0 Å². The fourth-order valence-electron chi connectivity index (χ4n) is 1.76. The third-order valence-electron chi connectivity index (χ3n) is 2.74. The quantitative estimate of drug-likeness (QED) is 0.809. The summed E-state index contributed by atoms with van der Waals surface area (Å²) in [6.07, 6.45) is 5.27. The molecule has 0 aromatic heterocycles. The second kappa shape index (κ2) is 5.39. The third kappa shape index (κ3) is 2.82. The molecule has 0 saturated carbocycles. The third-order valence-corrected chi connectivity index (χ3v) is 2.74. The van der Waals surface area contributed by atoms with Crippen molar-refractivity contribution >= 4 is 11.9 Å². The van der Waals surface area contributed by atoms with Gasteiger partial charge in [-0.15, -0.1) is 0 Å². The zero-order valence-corrected chi connectivity index (χ0v) is 9.89. The van der Waals surface area contributed by atoms with Gasteiger partial charge in [0.2, 0.25) is 0 Å². The monoisotopic (exact) mass is 260 g/mol. The van der Waals surface area contributed by atoms with Crippen molar-refractivity contribution in [1.29, 1.82) is 0 Å². The standard InChI is InChI=1S/C14H12O5/c15-11-7-3-1-5-9(11)14(18)19-12-8-4-2-6-10(12)13(16)17/h1-8,10,12,15H,(H,16,17). The van der Waals surface area contributed by atoms with Crippen molar-refractivity contribution in [3.05, 3.63) is 54.1 Å². The minimum Gasteiger partial charge on any atom is -0.507 e. The van der Waals surface area contributed by atoms with Crippen molar-refractivity contribution in [2.45, 2.75) is 6.10 Å². The van der Waals surface area contributed by atoms with Gasteiger partial charge in [-0.25, -0.2) is 4.79 Å². The van der Waals surface area contributed by atoms with E-state index in [2.05, 4.69) is 0 Å². The van der Waals surface area contributed by atoms with Crippen LogP contribution in [0.1, 0.15) is 10.4 Å². The van der Waals surface area contributed by atoms with Gasteiger partial charge >= 0.3 is 11.9 Å². The highest BCUT2D eigenvalue weighted by Gasteiger charge is 2.29. The van der Waals surface area contributed by atoms with Crippen LogP contribution in [-0.2, 0) is 9.53 Å². The van der Waals surface area contributed by atoms with Crippen LogP contribution < -0.4 is 0 Å². The summed E-state index contributed by atoms with van der Waals surface area (Å²) in [4.78, 5) is 22.9. The Morgan fingerprint density at radius 2 is 1.79 bits per heavy atom. The molecule has 1 aromatic rings. The first-order valence-corrected chi connectivity index (χ1v) is 5.66. The normalized spacial score (nSPS) is 21.1. The number of carbonyl (C=O) groups excluding carboxylic acids is 1. The number of carboxylic acids is 1. The number of aliphatic carboxylic acids is 1. The van der Waals surface area contributed by atoms with Crippen molar-refractivity contribution in [3.63, 3.8) is 0 Å². The van der Waals surface area contributed by atoms with E-state index >= 15 is 0 Å². The predicted octanol–water partition coefficient (Wildman–Crippen LogP) is 1.74. The highest BCUT2D eigenvalue weighted by Crippen LogP contribution is 2.21. The fraction of sp³-hybridized carbons (Fsp3) is 0.143. The fourth-order valence-corrected chi connectivity index (χ4v) is 1.76. The Hall–Kier alpha value is -2.56. The summed E-state index contributed by atoms with van der Waals surface area (Å²) < 4.78 is 5.11. The molecule has 0 bridgehead atoms. The summed E-state index contributed by atoms with van der Waals surface area (Å²) in [5.41, 5.74) is 0.00888. The molecule has 5 heteroatoms. The van der Waals surface area contributed by atoms with Gasteiger partial charge in [0.05, 0.1) is 0 Å². The van der Waals surface area contributed by atoms with Crippen LogP contribution in [0.25, 0.3) is 0 Å². The van der Waals surface area contributed by atoms with E-state index in [1.54, 1.807) is 24.3 Å². The van der Waals surface area contributed by atoms with Crippen LogP contribution in [0.4, 0.5) is 0 Å². The molecular weight excluding hydrogens is 248 g/mol. The van der Waals surface area contributed by atoms with Crippen LogP contribution >= 0.6 is 0 Å². The molecule has 0 radical (unpaired) electrons. The van der Waals surface area contributed by atoms with Gasteiger partial charge in [0.25, 0.3) is 0 Å². The Morgan fingerprint density at radius 1 is 1.11 bits per heavy atom. The van der Waals surface area contributed by atoms with E-state index in [9.17, 15) is 14.7 Å². The number of phenolic OH excluding ortho intramolecular Hbond substituents is 1. The van der Waals surface area contributed by atoms with Gasteiger partial charge in [-0.3, -0.25) is 4.79 Å². The number of hydrogen-bond donors (Lipinski definition) is 2. The number of rotatable bonds is 3. The van der Waals surface area contributed by atoms with Gasteiger partial charge < -0.3 is 14.9 Å². The largest absolute Gasteiger partial charge is 0.507 e. The van der Waals surface area contributed by atoms with E-state index in [0.717, 1.165) is 0 Å². The summed E-state index contributed by atoms with van der Waals surface area (Å²) in [5, 5.41) is 18.6. The maximum absolute atomic E-state index is 11.9. The Morgan fingerprint density at radius 3 is 2.47 bits per heavy atom. The van der Waals surface area contributed by atoms with E-state index < -0.39 is 24.0 Å². The zero-order valence-electron chi connectivity index (χ0n) is 9.89. The van der Waals surface area contributed by atoms with Crippen LogP contribution in [0.15, 0.2) is 48.6 Å². The predicted molar refractivity (Wildman–Crippen MR) is 66.7 cm³/mol. The molecule has 98 valence electrons. The lowest BCUT2D eigenvalue weighted by molar-refractivity contribution is -0.142. The number of phenols is 1. The molecule has 1 aliphatic rings. The van der Waals surface area contributed by atoms with Crippen LogP contribution in [-0.4, -0.2) is 28.3 Å². The molecule has 1 aromatic carbocycles. The Kier molecular flexibility index (Phi) is 3.66. The van der Waals surface area contributed by atoms with Gasteiger partial charge in [-0.2, -0.15) is 0 Å². The summed E-state index contributed by atoms with van der Waals surface area (Å²) in [7, 11) is 0. The lowest BCUT2D eigenvalue weighted by Crippen LogP contribution is -2.31. The lowest BCUT2D eigenvalue weighted by atomic mass is 9.98. The molecule has 0 fully saturated rings. The smallest absolute Gasteiger partial charge is 0.342 e. The lowest BCUT2D eigenvalue weighted by Gasteiger charge is -2.21. The van der Waals surface area contributed by atoms with Crippen molar-refractivity contribution in [1.82, 2.24) is 0 Å². The molecule has 2 atom stereocenters. The van der Waals surface area contributed by atoms with Crippen molar-refractivity contribution in [3.8, 4) is 5.75 Å². The number of benzene rings is 1. The first-order chi connectivity index (χ1) is 9.09. The van der Waals surface area contributed by atoms with Crippen LogP contribution in [0, 0.1) is 5.92 Å². The Labute approximate surface area is 109 Å². The van der Waals surface area contributed by atoms with Gasteiger partial charge in [0, 0.05) is 0 Å². The average Bonchev–Trinajstić information content (AvgIpc) is 2.39. The van der Waals surface area contributed by atoms with E-state index in [0.29, 0.717) is 0 Å². The molecular formula is C14H12O5. The van der Waals surface area contributed by atoms with Gasteiger partial charge in [-0.1, -0.05) is 30.4 Å². The molecule has 0 spiro atoms. The number of allylic oxidation sites excluding steroid dienone is 2. The Balaban J connectivity index is 2.15. The number of carbonyl (C=O) groups is 2. The molecule has 0 aliphatic heterocycles. The van der Waals surface area contributed by atoms with E-state index in [4.69, 9.17) is 9.84 Å². The first-order valence-electron chi connectivity index (χ1n) is 5.66. The second-order valence-electron chi connectivity index (χ2n) is 4.02. The van der Waals surface area contributed by atoms with Crippen molar-refractivity contribution in [2.75, 3.05) is 0 Å². The number of hydrogen-bond acceptors (Lipinski definition) is 4. The first kappa shape index (κ1) is 12.9. The topological polar surface area (TPSA) is 83.8 Å². The SMILES string of the molecule is O=C(OC1C=CC=CC1C(=O)O)c1ccccc1O. The highest BCUT2D eigenvalue weighted by atomic mass is 16.5. The number of aromatic hydroxyl groups is 1. The number of carboxylic acid groups (broad SMARTS) is 1. The molecule has 1 aliphatic carbocycles. The average molecular weight is 260 g/mol. The van der Waals surface area contributed by atoms with Gasteiger partial charge in [-0.05, 0) is 18.2 Å². The molecule has 2 rings (SSSR count). The van der Waals surface area contributed by atoms with Crippen molar-refractivity contribution in [2.24, 2.45) is 5.92 Å². The summed E-state index contributed by atoms with van der Waals surface area (Å²) >= 11 is 0.